The van der Waals surface area contributed by atoms with Crippen molar-refractivity contribution in [3.8, 4) is 0 Å². The summed E-state index contributed by atoms with van der Waals surface area (Å²) in [7, 11) is 0. The fourth-order valence-corrected chi connectivity index (χ4v) is 1.81. The van der Waals surface area contributed by atoms with E-state index in [-0.39, 0.29) is 6.10 Å². The maximum Gasteiger partial charge on any atom is 0.205 e. The minimum absolute atomic E-state index is 0.237. The lowest BCUT2D eigenvalue weighted by Gasteiger charge is -2.14. The summed E-state index contributed by atoms with van der Waals surface area (Å²) in [4.78, 5) is 0. The van der Waals surface area contributed by atoms with E-state index in [0.717, 1.165) is 37.8 Å². The molecular formula is C8H14N4OS. The highest BCUT2D eigenvalue weighted by atomic mass is 32.1. The molecule has 5 nitrogen and oxygen atoms in total. The van der Waals surface area contributed by atoms with Crippen LogP contribution in [0.25, 0.3) is 0 Å². The molecule has 2 rings (SSSR count). The predicted molar refractivity (Wildman–Crippen MR) is 55.6 cm³/mol. The first kappa shape index (κ1) is 9.82. The van der Waals surface area contributed by atoms with Crippen molar-refractivity contribution in [2.45, 2.75) is 12.5 Å². The van der Waals surface area contributed by atoms with Gasteiger partial charge in [0.15, 0.2) is 0 Å². The Morgan fingerprint density at radius 1 is 1.71 bits per heavy atom. The largest absolute Gasteiger partial charge is 0.375 e. The van der Waals surface area contributed by atoms with Crippen LogP contribution in [0.4, 0.5) is 5.13 Å². The van der Waals surface area contributed by atoms with Crippen molar-refractivity contribution < 1.29 is 4.74 Å². The summed E-state index contributed by atoms with van der Waals surface area (Å²) in [6.45, 7) is 3.60. The second-order valence-corrected chi connectivity index (χ2v) is 4.01. The summed E-state index contributed by atoms with van der Waals surface area (Å²) in [6, 6.07) is 0. The number of ether oxygens (including phenoxy) is 1. The first-order valence-electron chi connectivity index (χ1n) is 4.77. The molecule has 1 unspecified atom stereocenters. The number of rotatable bonds is 3. The number of aromatic nitrogens is 2. The number of nitrogens with zero attached hydrogens (tertiary/aromatic N) is 2. The van der Waals surface area contributed by atoms with Crippen molar-refractivity contribution in [1.29, 1.82) is 0 Å². The molecule has 0 spiro atoms. The number of hydrogen-bond acceptors (Lipinski definition) is 6. The monoisotopic (exact) mass is 214 g/mol. The van der Waals surface area contributed by atoms with Crippen molar-refractivity contribution in [3.63, 3.8) is 0 Å². The van der Waals surface area contributed by atoms with Gasteiger partial charge in [0.25, 0.3) is 0 Å². The molecule has 0 amide bonds. The Balaban J connectivity index is 1.73. The van der Waals surface area contributed by atoms with Crippen LogP contribution in [0.15, 0.2) is 5.51 Å². The van der Waals surface area contributed by atoms with Gasteiger partial charge in [-0.1, -0.05) is 11.3 Å². The standard InChI is InChI=1S/C8H14N4OS/c1-2-9-4-7(13-3-1)5-10-8-12-11-6-14-8/h6-7,9H,1-5H2,(H,10,12). The van der Waals surface area contributed by atoms with Gasteiger partial charge in [0, 0.05) is 19.7 Å². The summed E-state index contributed by atoms with van der Waals surface area (Å²) in [5, 5.41) is 15.1. The number of anilines is 1. The topological polar surface area (TPSA) is 59.1 Å². The van der Waals surface area contributed by atoms with Crippen LogP contribution in [0.1, 0.15) is 6.42 Å². The van der Waals surface area contributed by atoms with E-state index in [1.807, 2.05) is 0 Å². The maximum atomic E-state index is 5.63. The third kappa shape index (κ3) is 2.90. The first-order valence-corrected chi connectivity index (χ1v) is 5.65. The van der Waals surface area contributed by atoms with Crippen molar-refractivity contribution >= 4 is 16.5 Å². The van der Waals surface area contributed by atoms with E-state index in [0.29, 0.717) is 0 Å². The highest BCUT2D eigenvalue weighted by molar-refractivity contribution is 7.13. The Bertz CT molecular complexity index is 246. The average Bonchev–Trinajstić information content (AvgIpc) is 2.58. The minimum Gasteiger partial charge on any atom is -0.375 e. The molecule has 1 fully saturated rings. The molecule has 78 valence electrons. The summed E-state index contributed by atoms with van der Waals surface area (Å²) in [6.07, 6.45) is 1.33. The lowest BCUT2D eigenvalue weighted by Crippen LogP contribution is -2.32. The molecule has 0 saturated carbocycles. The zero-order valence-electron chi connectivity index (χ0n) is 7.90. The number of nitrogens with one attached hydrogen (secondary N) is 2. The molecule has 1 aromatic heterocycles. The van der Waals surface area contributed by atoms with E-state index in [2.05, 4.69) is 20.8 Å². The quantitative estimate of drug-likeness (QED) is 0.759. The lowest BCUT2D eigenvalue weighted by molar-refractivity contribution is 0.0761. The van der Waals surface area contributed by atoms with Gasteiger partial charge in [0.05, 0.1) is 6.10 Å². The van der Waals surface area contributed by atoms with Gasteiger partial charge in [-0.2, -0.15) is 0 Å². The van der Waals surface area contributed by atoms with E-state index in [1.54, 1.807) is 5.51 Å². The van der Waals surface area contributed by atoms with Crippen molar-refractivity contribution in [1.82, 2.24) is 15.5 Å². The maximum absolute atomic E-state index is 5.63. The molecule has 14 heavy (non-hydrogen) atoms. The fraction of sp³-hybridized carbons (Fsp3) is 0.750. The van der Waals surface area contributed by atoms with Crippen LogP contribution in [-0.4, -0.2) is 42.5 Å². The van der Waals surface area contributed by atoms with E-state index >= 15 is 0 Å². The zero-order chi connectivity index (χ0) is 9.64. The van der Waals surface area contributed by atoms with Gasteiger partial charge < -0.3 is 15.4 Å². The Labute approximate surface area is 86.9 Å². The molecule has 1 aliphatic heterocycles. The second kappa shape index (κ2) is 5.23. The molecule has 2 N–H and O–H groups in total. The van der Waals surface area contributed by atoms with Gasteiger partial charge >= 0.3 is 0 Å². The average molecular weight is 214 g/mol. The van der Waals surface area contributed by atoms with Gasteiger partial charge in [-0.05, 0) is 13.0 Å². The van der Waals surface area contributed by atoms with Crippen molar-refractivity contribution in [3.05, 3.63) is 5.51 Å². The van der Waals surface area contributed by atoms with Crippen LogP contribution in [0.2, 0.25) is 0 Å². The van der Waals surface area contributed by atoms with Crippen molar-refractivity contribution in [2.24, 2.45) is 0 Å². The van der Waals surface area contributed by atoms with E-state index in [1.165, 1.54) is 11.3 Å². The Hall–Kier alpha value is -0.720. The van der Waals surface area contributed by atoms with E-state index < -0.39 is 0 Å². The van der Waals surface area contributed by atoms with Crippen LogP contribution in [-0.2, 0) is 4.74 Å². The summed E-state index contributed by atoms with van der Waals surface area (Å²) in [5.41, 5.74) is 1.72. The molecule has 1 atom stereocenters. The molecule has 1 aromatic rings. The SMILES string of the molecule is c1nnc(NCC2CNCCCO2)s1. The smallest absolute Gasteiger partial charge is 0.205 e. The highest BCUT2D eigenvalue weighted by Crippen LogP contribution is 2.08. The molecule has 0 bridgehead atoms. The van der Waals surface area contributed by atoms with Crippen LogP contribution < -0.4 is 10.6 Å². The normalized spacial score (nSPS) is 23.0. The second-order valence-electron chi connectivity index (χ2n) is 3.18. The van der Waals surface area contributed by atoms with Crippen LogP contribution >= 0.6 is 11.3 Å². The highest BCUT2D eigenvalue weighted by Gasteiger charge is 2.11. The first-order chi connectivity index (χ1) is 6.95. The summed E-state index contributed by atoms with van der Waals surface area (Å²) in [5.74, 6) is 0. The van der Waals surface area contributed by atoms with Crippen LogP contribution in [0.5, 0.6) is 0 Å². The molecule has 0 radical (unpaired) electrons. The van der Waals surface area contributed by atoms with E-state index in [4.69, 9.17) is 4.74 Å². The van der Waals surface area contributed by atoms with Crippen LogP contribution in [0.3, 0.4) is 0 Å². The summed E-state index contributed by atoms with van der Waals surface area (Å²) >= 11 is 1.51. The van der Waals surface area contributed by atoms with Gasteiger partial charge in [-0.25, -0.2) is 0 Å². The molecule has 1 saturated heterocycles. The van der Waals surface area contributed by atoms with Gasteiger partial charge in [0.2, 0.25) is 5.13 Å². The Kier molecular flexibility index (Phi) is 3.67. The van der Waals surface area contributed by atoms with E-state index in [9.17, 15) is 0 Å². The Morgan fingerprint density at radius 2 is 2.71 bits per heavy atom. The van der Waals surface area contributed by atoms with Gasteiger partial charge in [0.1, 0.15) is 5.51 Å². The molecule has 0 aliphatic carbocycles. The minimum atomic E-state index is 0.237. The summed E-state index contributed by atoms with van der Waals surface area (Å²) < 4.78 is 5.63. The third-order valence-electron chi connectivity index (χ3n) is 2.06. The van der Waals surface area contributed by atoms with Crippen LogP contribution in [0, 0.1) is 0 Å². The Morgan fingerprint density at radius 3 is 3.57 bits per heavy atom. The molecule has 6 heteroatoms. The predicted octanol–water partition coefficient (Wildman–Crippen LogP) is 0.328. The lowest BCUT2D eigenvalue weighted by atomic mass is 10.3. The van der Waals surface area contributed by atoms with Crippen molar-refractivity contribution in [2.75, 3.05) is 31.6 Å². The van der Waals surface area contributed by atoms with Gasteiger partial charge in [-0.3, -0.25) is 0 Å². The molecule has 1 aliphatic rings. The molecular weight excluding hydrogens is 200 g/mol. The van der Waals surface area contributed by atoms with Gasteiger partial charge in [-0.15, -0.1) is 10.2 Å². The molecule has 2 heterocycles. The third-order valence-corrected chi connectivity index (χ3v) is 2.71. The molecule has 0 aromatic carbocycles. The number of hydrogen-bond donors (Lipinski definition) is 2. The fourth-order valence-electron chi connectivity index (χ4n) is 1.35. The zero-order valence-corrected chi connectivity index (χ0v) is 8.72.